The third kappa shape index (κ3) is 5.28. The molecule has 1 aromatic carbocycles. The van der Waals surface area contributed by atoms with Gasteiger partial charge in [-0.15, -0.1) is 0 Å². The fourth-order valence-electron chi connectivity index (χ4n) is 1.83. The van der Waals surface area contributed by atoms with Crippen LogP contribution in [0.4, 0.5) is 5.69 Å². The van der Waals surface area contributed by atoms with Gasteiger partial charge >= 0.3 is 0 Å². The third-order valence-corrected chi connectivity index (χ3v) is 2.94. The Balaban J connectivity index is 2.55. The Labute approximate surface area is 114 Å². The number of carbonyl (C=O) groups is 1. The molecule has 0 aliphatic carbocycles. The van der Waals surface area contributed by atoms with Crippen molar-refractivity contribution in [3.8, 4) is 0 Å². The van der Waals surface area contributed by atoms with E-state index in [2.05, 4.69) is 5.32 Å². The molecule has 0 aromatic heterocycles. The first kappa shape index (κ1) is 15.5. The van der Waals surface area contributed by atoms with Crippen LogP contribution in [0.1, 0.15) is 25.5 Å². The summed E-state index contributed by atoms with van der Waals surface area (Å²) < 4.78 is 0. The molecule has 0 saturated heterocycles. The minimum Gasteiger partial charge on any atom is -0.399 e. The van der Waals surface area contributed by atoms with Gasteiger partial charge in [0.25, 0.3) is 0 Å². The summed E-state index contributed by atoms with van der Waals surface area (Å²) in [7, 11) is 0. The fraction of sp³-hybridized carbons (Fsp3) is 0.500. The van der Waals surface area contributed by atoms with Gasteiger partial charge in [0.15, 0.2) is 0 Å². The lowest BCUT2D eigenvalue weighted by Crippen LogP contribution is -2.39. The molecule has 0 aliphatic rings. The number of aliphatic hydroxyl groups is 1. The number of nitrogens with two attached hydrogens (primary N) is 1. The number of carbonyl (C=O) groups excluding carboxylic acids is 1. The van der Waals surface area contributed by atoms with E-state index in [0.717, 1.165) is 5.56 Å². The zero-order chi connectivity index (χ0) is 14.3. The normalized spacial score (nSPS) is 12.4. The van der Waals surface area contributed by atoms with E-state index < -0.39 is 6.10 Å². The molecule has 0 heterocycles. The number of hydrogen-bond acceptors (Lipinski definition) is 4. The summed E-state index contributed by atoms with van der Waals surface area (Å²) in [5, 5.41) is 12.9. The SMILES string of the molecule is CCNC(=O)CN(CC)CC(O)c1ccc(N)cc1. The van der Waals surface area contributed by atoms with E-state index in [1.165, 1.54) is 0 Å². The van der Waals surface area contributed by atoms with Crippen molar-refractivity contribution in [3.63, 3.8) is 0 Å². The van der Waals surface area contributed by atoms with E-state index in [1.807, 2.05) is 18.7 Å². The largest absolute Gasteiger partial charge is 0.399 e. The molecule has 19 heavy (non-hydrogen) atoms. The number of likely N-dealkylation sites (N-methyl/N-ethyl adjacent to an activating group) is 2. The molecule has 0 saturated carbocycles. The first-order valence-corrected chi connectivity index (χ1v) is 6.59. The Morgan fingerprint density at radius 3 is 2.53 bits per heavy atom. The maximum atomic E-state index is 11.5. The van der Waals surface area contributed by atoms with E-state index in [-0.39, 0.29) is 5.91 Å². The number of aliphatic hydroxyl groups excluding tert-OH is 1. The number of amides is 1. The maximum Gasteiger partial charge on any atom is 0.234 e. The van der Waals surface area contributed by atoms with Crippen LogP contribution in [0.5, 0.6) is 0 Å². The smallest absolute Gasteiger partial charge is 0.234 e. The van der Waals surface area contributed by atoms with Crippen molar-refractivity contribution in [2.45, 2.75) is 20.0 Å². The third-order valence-electron chi connectivity index (χ3n) is 2.94. The second-order valence-corrected chi connectivity index (χ2v) is 4.46. The maximum absolute atomic E-state index is 11.5. The molecule has 5 nitrogen and oxygen atoms in total. The molecule has 1 atom stereocenters. The molecule has 5 heteroatoms. The molecule has 1 rings (SSSR count). The van der Waals surface area contributed by atoms with Crippen LogP contribution in [0.3, 0.4) is 0 Å². The molecule has 1 amide bonds. The summed E-state index contributed by atoms with van der Waals surface area (Å²) in [6.07, 6.45) is -0.616. The topological polar surface area (TPSA) is 78.6 Å². The van der Waals surface area contributed by atoms with Crippen molar-refractivity contribution in [3.05, 3.63) is 29.8 Å². The van der Waals surface area contributed by atoms with Crippen molar-refractivity contribution in [2.75, 3.05) is 31.9 Å². The minimum atomic E-state index is -0.616. The number of hydrogen-bond donors (Lipinski definition) is 3. The summed E-state index contributed by atoms with van der Waals surface area (Å²) in [6, 6.07) is 7.14. The van der Waals surface area contributed by atoms with Crippen molar-refractivity contribution in [1.29, 1.82) is 0 Å². The first-order chi connectivity index (χ1) is 9.06. The number of nitrogens with one attached hydrogen (secondary N) is 1. The highest BCUT2D eigenvalue weighted by molar-refractivity contribution is 5.77. The summed E-state index contributed by atoms with van der Waals surface area (Å²) in [5.74, 6) is -0.0196. The molecule has 0 aliphatic heterocycles. The summed E-state index contributed by atoms with van der Waals surface area (Å²) in [4.78, 5) is 13.4. The molecule has 1 unspecified atom stereocenters. The number of benzene rings is 1. The Kier molecular flexibility index (Phi) is 6.32. The predicted molar refractivity (Wildman–Crippen MR) is 76.6 cm³/mol. The lowest BCUT2D eigenvalue weighted by Gasteiger charge is -2.23. The highest BCUT2D eigenvalue weighted by Gasteiger charge is 2.14. The predicted octanol–water partition coefficient (Wildman–Crippen LogP) is 0.760. The molecule has 4 N–H and O–H groups in total. The number of nitrogen functional groups attached to an aromatic ring is 1. The fourth-order valence-corrected chi connectivity index (χ4v) is 1.83. The monoisotopic (exact) mass is 265 g/mol. The van der Waals surface area contributed by atoms with Crippen molar-refractivity contribution in [1.82, 2.24) is 10.2 Å². The Hall–Kier alpha value is -1.59. The van der Waals surface area contributed by atoms with Gasteiger partial charge in [-0.1, -0.05) is 19.1 Å². The Bertz CT molecular complexity index is 392. The van der Waals surface area contributed by atoms with E-state index in [4.69, 9.17) is 5.73 Å². The molecule has 0 spiro atoms. The molecule has 0 radical (unpaired) electrons. The van der Waals surface area contributed by atoms with Gasteiger partial charge < -0.3 is 16.2 Å². The van der Waals surface area contributed by atoms with Gasteiger partial charge in [-0.05, 0) is 31.2 Å². The van der Waals surface area contributed by atoms with Crippen LogP contribution < -0.4 is 11.1 Å². The highest BCUT2D eigenvalue weighted by Crippen LogP contribution is 2.15. The van der Waals surface area contributed by atoms with Crippen molar-refractivity contribution >= 4 is 11.6 Å². The van der Waals surface area contributed by atoms with Crippen LogP contribution in [0.15, 0.2) is 24.3 Å². The van der Waals surface area contributed by atoms with Gasteiger partial charge in [-0.2, -0.15) is 0 Å². The highest BCUT2D eigenvalue weighted by atomic mass is 16.3. The standard InChI is InChI=1S/C14H23N3O2/c1-3-16-14(19)10-17(4-2)9-13(18)11-5-7-12(15)8-6-11/h5-8,13,18H,3-4,9-10,15H2,1-2H3,(H,16,19). The van der Waals surface area contributed by atoms with Gasteiger partial charge in [-0.25, -0.2) is 0 Å². The lowest BCUT2D eigenvalue weighted by molar-refractivity contribution is -0.122. The van der Waals surface area contributed by atoms with Crippen LogP contribution >= 0.6 is 0 Å². The number of nitrogens with zero attached hydrogens (tertiary/aromatic N) is 1. The van der Waals surface area contributed by atoms with E-state index in [1.54, 1.807) is 24.3 Å². The molecule has 0 fully saturated rings. The Morgan fingerprint density at radius 2 is 2.00 bits per heavy atom. The lowest BCUT2D eigenvalue weighted by atomic mass is 10.1. The van der Waals surface area contributed by atoms with E-state index in [9.17, 15) is 9.90 Å². The van der Waals surface area contributed by atoms with Crippen molar-refractivity contribution in [2.24, 2.45) is 0 Å². The Morgan fingerprint density at radius 1 is 1.37 bits per heavy atom. The van der Waals surface area contributed by atoms with Gasteiger partial charge in [0, 0.05) is 18.8 Å². The first-order valence-electron chi connectivity index (χ1n) is 6.59. The number of anilines is 1. The average molecular weight is 265 g/mol. The summed E-state index contributed by atoms with van der Waals surface area (Å²) in [5.41, 5.74) is 7.09. The van der Waals surface area contributed by atoms with Crippen LogP contribution in [0.25, 0.3) is 0 Å². The van der Waals surface area contributed by atoms with E-state index >= 15 is 0 Å². The number of rotatable bonds is 7. The second kappa shape index (κ2) is 7.76. The van der Waals surface area contributed by atoms with Crippen LogP contribution in [0.2, 0.25) is 0 Å². The van der Waals surface area contributed by atoms with E-state index in [0.29, 0.717) is 31.9 Å². The second-order valence-electron chi connectivity index (χ2n) is 4.46. The van der Waals surface area contributed by atoms with Gasteiger partial charge in [0.2, 0.25) is 5.91 Å². The van der Waals surface area contributed by atoms with Gasteiger partial charge in [-0.3, -0.25) is 9.69 Å². The minimum absolute atomic E-state index is 0.0196. The zero-order valence-electron chi connectivity index (χ0n) is 11.6. The molecular weight excluding hydrogens is 242 g/mol. The average Bonchev–Trinajstić information content (AvgIpc) is 2.38. The summed E-state index contributed by atoms with van der Waals surface area (Å²) >= 11 is 0. The summed E-state index contributed by atoms with van der Waals surface area (Å²) in [6.45, 7) is 5.92. The molecule has 1 aromatic rings. The molecular formula is C14H23N3O2. The molecule has 106 valence electrons. The zero-order valence-corrected chi connectivity index (χ0v) is 11.6. The molecule has 0 bridgehead atoms. The van der Waals surface area contributed by atoms with Gasteiger partial charge in [0.1, 0.15) is 0 Å². The van der Waals surface area contributed by atoms with Crippen LogP contribution in [0, 0.1) is 0 Å². The quantitative estimate of drug-likeness (QED) is 0.636. The van der Waals surface area contributed by atoms with Crippen molar-refractivity contribution < 1.29 is 9.90 Å². The van der Waals surface area contributed by atoms with Crippen LogP contribution in [-0.4, -0.2) is 42.1 Å². The van der Waals surface area contributed by atoms with Gasteiger partial charge in [0.05, 0.1) is 12.6 Å². The van der Waals surface area contributed by atoms with Crippen LogP contribution in [-0.2, 0) is 4.79 Å².